The smallest absolute Gasteiger partial charge is 0.00252 e. The minimum Gasteiger partial charge on any atom is -0.0841 e. The molecule has 0 bridgehead atoms. The van der Waals surface area contributed by atoms with Crippen LogP contribution in [0.5, 0.6) is 0 Å². The van der Waals surface area contributed by atoms with Gasteiger partial charge in [0.15, 0.2) is 0 Å². The minimum atomic E-state index is 0.721. The molecule has 0 nitrogen and oxygen atoms in total. The van der Waals surface area contributed by atoms with E-state index < -0.39 is 0 Å². The van der Waals surface area contributed by atoms with Gasteiger partial charge in [0, 0.05) is 0 Å². The highest BCUT2D eigenvalue weighted by Gasteiger charge is 2.13. The molecule has 62 valence electrons. The second kappa shape index (κ2) is 4.38. The van der Waals surface area contributed by atoms with E-state index in [1.807, 2.05) is 0 Å². The largest absolute Gasteiger partial charge is 0.0841 e. The summed E-state index contributed by atoms with van der Waals surface area (Å²) >= 11 is 0. The van der Waals surface area contributed by atoms with Gasteiger partial charge in [-0.25, -0.2) is 0 Å². The van der Waals surface area contributed by atoms with Crippen molar-refractivity contribution in [1.82, 2.24) is 0 Å². The van der Waals surface area contributed by atoms with E-state index in [4.69, 9.17) is 0 Å². The van der Waals surface area contributed by atoms with Gasteiger partial charge in [-0.3, -0.25) is 0 Å². The summed E-state index contributed by atoms with van der Waals surface area (Å²) in [6, 6.07) is 0. The molecule has 0 spiro atoms. The van der Waals surface area contributed by atoms with Gasteiger partial charge in [-0.05, 0) is 18.3 Å². The molecule has 0 heteroatoms. The molecule has 0 aliphatic heterocycles. The van der Waals surface area contributed by atoms with Crippen LogP contribution in [0, 0.1) is 11.8 Å². The molecule has 0 N–H and O–H groups in total. The van der Waals surface area contributed by atoms with Crippen molar-refractivity contribution in [3.63, 3.8) is 0 Å². The van der Waals surface area contributed by atoms with Gasteiger partial charge in [0.2, 0.25) is 0 Å². The highest BCUT2D eigenvalue weighted by atomic mass is 14.2. The van der Waals surface area contributed by atoms with E-state index in [2.05, 4.69) is 38.2 Å². The Balaban J connectivity index is 2.49. The van der Waals surface area contributed by atoms with Crippen molar-refractivity contribution >= 4 is 0 Å². The third-order valence-corrected chi connectivity index (χ3v) is 2.58. The zero-order chi connectivity index (χ0) is 8.10. The van der Waals surface area contributed by atoms with Crippen LogP contribution < -0.4 is 0 Å². The van der Waals surface area contributed by atoms with Crippen LogP contribution in [0.25, 0.3) is 0 Å². The van der Waals surface area contributed by atoms with Crippen molar-refractivity contribution in [2.45, 2.75) is 33.1 Å². The van der Waals surface area contributed by atoms with Gasteiger partial charge >= 0.3 is 0 Å². The highest BCUT2D eigenvalue weighted by molar-refractivity contribution is 5.10. The predicted molar refractivity (Wildman–Crippen MR) is 50.5 cm³/mol. The SMILES string of the molecule is CCC(CC)C1C=CCC=C1. The predicted octanol–water partition coefficient (Wildman–Crippen LogP) is 3.55. The van der Waals surface area contributed by atoms with E-state index in [0.717, 1.165) is 18.3 Å². The van der Waals surface area contributed by atoms with Crippen LogP contribution in [-0.4, -0.2) is 0 Å². The summed E-state index contributed by atoms with van der Waals surface area (Å²) < 4.78 is 0. The Morgan fingerprint density at radius 1 is 1.18 bits per heavy atom. The van der Waals surface area contributed by atoms with E-state index in [1.54, 1.807) is 0 Å². The average Bonchev–Trinajstić information content (AvgIpc) is 2.09. The molecule has 0 radical (unpaired) electrons. The number of hydrogen-bond acceptors (Lipinski definition) is 0. The maximum atomic E-state index is 2.36. The van der Waals surface area contributed by atoms with E-state index in [-0.39, 0.29) is 0 Å². The van der Waals surface area contributed by atoms with Crippen molar-refractivity contribution in [1.29, 1.82) is 0 Å². The maximum Gasteiger partial charge on any atom is -0.00252 e. The van der Waals surface area contributed by atoms with Gasteiger partial charge < -0.3 is 0 Å². The van der Waals surface area contributed by atoms with Crippen molar-refractivity contribution in [2.24, 2.45) is 11.8 Å². The van der Waals surface area contributed by atoms with Crippen LogP contribution in [0.2, 0.25) is 0 Å². The van der Waals surface area contributed by atoms with Gasteiger partial charge in [-0.2, -0.15) is 0 Å². The lowest BCUT2D eigenvalue weighted by molar-refractivity contribution is 0.423. The molecule has 0 saturated heterocycles. The second-order valence-electron chi connectivity index (χ2n) is 3.25. The molecule has 0 unspecified atom stereocenters. The Labute approximate surface area is 70.0 Å². The number of rotatable bonds is 3. The van der Waals surface area contributed by atoms with Gasteiger partial charge in [0.1, 0.15) is 0 Å². The van der Waals surface area contributed by atoms with Gasteiger partial charge in [0.05, 0.1) is 0 Å². The van der Waals surface area contributed by atoms with Crippen molar-refractivity contribution in [3.8, 4) is 0 Å². The van der Waals surface area contributed by atoms with Crippen LogP contribution in [0.3, 0.4) is 0 Å². The summed E-state index contributed by atoms with van der Waals surface area (Å²) in [6.45, 7) is 4.56. The molecule has 1 rings (SSSR count). The van der Waals surface area contributed by atoms with Crippen LogP contribution in [0.4, 0.5) is 0 Å². The summed E-state index contributed by atoms with van der Waals surface area (Å²) in [4.78, 5) is 0. The second-order valence-corrected chi connectivity index (χ2v) is 3.25. The first-order valence-electron chi connectivity index (χ1n) is 4.71. The molecule has 11 heavy (non-hydrogen) atoms. The lowest BCUT2D eigenvalue weighted by Gasteiger charge is -2.20. The highest BCUT2D eigenvalue weighted by Crippen LogP contribution is 2.24. The Kier molecular flexibility index (Phi) is 3.41. The van der Waals surface area contributed by atoms with Gasteiger partial charge in [0.25, 0.3) is 0 Å². The Morgan fingerprint density at radius 3 is 2.18 bits per heavy atom. The monoisotopic (exact) mass is 150 g/mol. The molecule has 0 heterocycles. The van der Waals surface area contributed by atoms with E-state index in [1.165, 1.54) is 12.8 Å². The molecule has 0 fully saturated rings. The third kappa shape index (κ3) is 2.21. The fraction of sp³-hybridized carbons (Fsp3) is 0.636. The van der Waals surface area contributed by atoms with E-state index >= 15 is 0 Å². The topological polar surface area (TPSA) is 0 Å². The van der Waals surface area contributed by atoms with Crippen molar-refractivity contribution in [2.75, 3.05) is 0 Å². The first kappa shape index (κ1) is 8.58. The molecule has 0 aromatic heterocycles. The summed E-state index contributed by atoms with van der Waals surface area (Å²) in [6.07, 6.45) is 13.0. The molecular formula is C11H18. The molecule has 0 amide bonds. The molecule has 0 aromatic carbocycles. The van der Waals surface area contributed by atoms with Crippen LogP contribution >= 0.6 is 0 Å². The zero-order valence-electron chi connectivity index (χ0n) is 7.59. The number of allylic oxidation sites excluding steroid dienone is 4. The Bertz CT molecular complexity index is 137. The summed E-state index contributed by atoms with van der Waals surface area (Å²) in [5.74, 6) is 1.58. The van der Waals surface area contributed by atoms with Gasteiger partial charge in [-0.1, -0.05) is 51.0 Å². The maximum absolute atomic E-state index is 2.36. The first-order chi connectivity index (χ1) is 5.38. The fourth-order valence-corrected chi connectivity index (χ4v) is 1.76. The minimum absolute atomic E-state index is 0.721. The van der Waals surface area contributed by atoms with E-state index in [0.29, 0.717) is 0 Å². The molecule has 0 aromatic rings. The lowest BCUT2D eigenvalue weighted by atomic mass is 9.85. The standard InChI is InChI=1S/C11H18/c1-3-10(4-2)11-8-6-5-7-9-11/h6-11H,3-5H2,1-2H3. The Hall–Kier alpha value is -0.520. The molecule has 1 aliphatic rings. The average molecular weight is 150 g/mol. The van der Waals surface area contributed by atoms with Crippen LogP contribution in [-0.2, 0) is 0 Å². The summed E-state index contributed by atoms with van der Waals surface area (Å²) in [7, 11) is 0. The Morgan fingerprint density at radius 2 is 1.73 bits per heavy atom. The molecular weight excluding hydrogens is 132 g/mol. The van der Waals surface area contributed by atoms with Gasteiger partial charge in [-0.15, -0.1) is 0 Å². The molecule has 1 aliphatic carbocycles. The van der Waals surface area contributed by atoms with Crippen molar-refractivity contribution < 1.29 is 0 Å². The number of hydrogen-bond donors (Lipinski definition) is 0. The quantitative estimate of drug-likeness (QED) is 0.540. The lowest BCUT2D eigenvalue weighted by Crippen LogP contribution is -2.09. The first-order valence-corrected chi connectivity index (χ1v) is 4.71. The molecule has 0 saturated carbocycles. The van der Waals surface area contributed by atoms with Crippen LogP contribution in [0.15, 0.2) is 24.3 Å². The normalized spacial score (nSPS) is 18.1. The third-order valence-electron chi connectivity index (χ3n) is 2.58. The van der Waals surface area contributed by atoms with Crippen molar-refractivity contribution in [3.05, 3.63) is 24.3 Å². The summed E-state index contributed by atoms with van der Waals surface area (Å²) in [5.41, 5.74) is 0. The molecule has 0 atom stereocenters. The zero-order valence-corrected chi connectivity index (χ0v) is 7.59. The fourth-order valence-electron chi connectivity index (χ4n) is 1.76. The summed E-state index contributed by atoms with van der Waals surface area (Å²) in [5, 5.41) is 0. The van der Waals surface area contributed by atoms with Crippen LogP contribution in [0.1, 0.15) is 33.1 Å². The van der Waals surface area contributed by atoms with E-state index in [9.17, 15) is 0 Å².